The minimum absolute atomic E-state index is 0.0154. The highest BCUT2D eigenvalue weighted by Gasteiger charge is 2.27. The van der Waals surface area contributed by atoms with Crippen LogP contribution >= 0.6 is 0 Å². The van der Waals surface area contributed by atoms with Gasteiger partial charge in [-0.25, -0.2) is 4.98 Å². The van der Waals surface area contributed by atoms with Gasteiger partial charge >= 0.3 is 0 Å². The number of aryl methyl sites for hydroxylation is 1. The Morgan fingerprint density at radius 3 is 2.49 bits per heavy atom. The minimum atomic E-state index is -0.527. The Kier molecular flexibility index (Phi) is 8.76. The van der Waals surface area contributed by atoms with Crippen LogP contribution in [0.4, 0.5) is 17.5 Å². The molecule has 0 aliphatic carbocycles. The SMILES string of the molecule is COc1cc(Nc2nccc(N3CCOC(C(=O)CNCc4ccc(C)cc4)C3)n2)cc(OC)c1OC. The largest absolute Gasteiger partial charge is 0.493 e. The van der Waals surface area contributed by atoms with Crippen LogP contribution in [0.15, 0.2) is 48.7 Å². The maximum absolute atomic E-state index is 12.8. The molecule has 2 N–H and O–H groups in total. The standard InChI is InChI=1S/C27H33N5O5/c1-18-5-7-19(8-6-18)15-28-16-21(33)24-17-32(11-12-37-24)25-9-10-29-27(31-25)30-20-13-22(34-2)26(36-4)23(14-20)35-3/h5-10,13-14,24,28H,11-12,15-17H2,1-4H3,(H,29,30,31). The van der Waals surface area contributed by atoms with Gasteiger partial charge < -0.3 is 34.5 Å². The lowest BCUT2D eigenvalue weighted by Gasteiger charge is -2.33. The highest BCUT2D eigenvalue weighted by Crippen LogP contribution is 2.40. The second-order valence-electron chi connectivity index (χ2n) is 8.64. The monoisotopic (exact) mass is 507 g/mol. The molecule has 4 rings (SSSR count). The molecule has 3 aromatic rings. The number of nitrogens with zero attached hydrogens (tertiary/aromatic N) is 3. The fourth-order valence-corrected chi connectivity index (χ4v) is 4.07. The number of nitrogens with one attached hydrogen (secondary N) is 2. The van der Waals surface area contributed by atoms with Crippen molar-refractivity contribution in [1.82, 2.24) is 15.3 Å². The summed E-state index contributed by atoms with van der Waals surface area (Å²) in [5, 5.41) is 6.42. The van der Waals surface area contributed by atoms with Crippen molar-refractivity contribution in [2.45, 2.75) is 19.6 Å². The van der Waals surface area contributed by atoms with Gasteiger partial charge in [0.1, 0.15) is 11.9 Å². The summed E-state index contributed by atoms with van der Waals surface area (Å²) >= 11 is 0. The third-order valence-corrected chi connectivity index (χ3v) is 6.06. The van der Waals surface area contributed by atoms with Gasteiger partial charge in [0.2, 0.25) is 11.7 Å². The molecule has 10 nitrogen and oxygen atoms in total. The highest BCUT2D eigenvalue weighted by atomic mass is 16.5. The van der Waals surface area contributed by atoms with E-state index in [1.807, 2.05) is 11.0 Å². The summed E-state index contributed by atoms with van der Waals surface area (Å²) in [7, 11) is 4.68. The van der Waals surface area contributed by atoms with Gasteiger partial charge in [-0.1, -0.05) is 29.8 Å². The molecule has 1 fully saturated rings. The quantitative estimate of drug-likeness (QED) is 0.402. The summed E-state index contributed by atoms with van der Waals surface area (Å²) in [6.07, 6.45) is 1.15. The zero-order valence-electron chi connectivity index (χ0n) is 21.6. The van der Waals surface area contributed by atoms with E-state index in [2.05, 4.69) is 51.8 Å². The molecule has 0 spiro atoms. The molecule has 1 aliphatic heterocycles. The molecule has 1 unspecified atom stereocenters. The minimum Gasteiger partial charge on any atom is -0.493 e. The third-order valence-electron chi connectivity index (χ3n) is 6.06. The molecule has 37 heavy (non-hydrogen) atoms. The zero-order valence-corrected chi connectivity index (χ0v) is 21.6. The summed E-state index contributed by atoms with van der Waals surface area (Å²) in [4.78, 5) is 23.8. The molecule has 1 aliphatic rings. The van der Waals surface area contributed by atoms with E-state index in [-0.39, 0.29) is 12.3 Å². The predicted molar refractivity (Wildman–Crippen MR) is 141 cm³/mol. The molecule has 196 valence electrons. The molecule has 10 heteroatoms. The lowest BCUT2D eigenvalue weighted by Crippen LogP contribution is -2.48. The number of methoxy groups -OCH3 is 3. The van der Waals surface area contributed by atoms with Crippen molar-refractivity contribution in [2.75, 3.05) is 57.8 Å². The van der Waals surface area contributed by atoms with E-state index in [9.17, 15) is 4.79 Å². The molecule has 1 atom stereocenters. The first-order valence-electron chi connectivity index (χ1n) is 12.1. The average molecular weight is 508 g/mol. The Hall–Kier alpha value is -3.89. The number of ether oxygens (including phenoxy) is 4. The van der Waals surface area contributed by atoms with E-state index in [1.54, 1.807) is 39.7 Å². The fraction of sp³-hybridized carbons (Fsp3) is 0.370. The van der Waals surface area contributed by atoms with Crippen LogP contribution < -0.4 is 29.7 Å². The van der Waals surface area contributed by atoms with Crippen LogP contribution in [0.1, 0.15) is 11.1 Å². The number of morpholine rings is 1. The molecule has 0 amide bonds. The summed E-state index contributed by atoms with van der Waals surface area (Å²) in [6.45, 7) is 4.41. The molecule has 1 saturated heterocycles. The van der Waals surface area contributed by atoms with E-state index in [1.165, 1.54) is 5.56 Å². The van der Waals surface area contributed by atoms with Gasteiger partial charge in [0, 0.05) is 37.1 Å². The molecule has 2 aromatic carbocycles. The van der Waals surface area contributed by atoms with Crippen LogP contribution in [-0.2, 0) is 16.1 Å². The zero-order chi connectivity index (χ0) is 26.2. The van der Waals surface area contributed by atoms with Crippen LogP contribution in [0.5, 0.6) is 17.2 Å². The smallest absolute Gasteiger partial charge is 0.229 e. The Balaban J connectivity index is 1.38. The van der Waals surface area contributed by atoms with Crippen molar-refractivity contribution < 1.29 is 23.7 Å². The molecule has 0 bridgehead atoms. The van der Waals surface area contributed by atoms with Crippen molar-refractivity contribution in [3.05, 3.63) is 59.8 Å². The van der Waals surface area contributed by atoms with Gasteiger partial charge in [0.15, 0.2) is 17.3 Å². The molecular weight excluding hydrogens is 474 g/mol. The lowest BCUT2D eigenvalue weighted by atomic mass is 10.1. The van der Waals surface area contributed by atoms with Crippen molar-refractivity contribution in [1.29, 1.82) is 0 Å². The van der Waals surface area contributed by atoms with Crippen LogP contribution in [0, 0.1) is 6.92 Å². The summed E-state index contributed by atoms with van der Waals surface area (Å²) in [6, 6.07) is 13.6. The van der Waals surface area contributed by atoms with Crippen LogP contribution in [0.3, 0.4) is 0 Å². The predicted octanol–water partition coefficient (Wildman–Crippen LogP) is 3.12. The van der Waals surface area contributed by atoms with E-state index >= 15 is 0 Å². The molecule has 1 aromatic heterocycles. The maximum atomic E-state index is 12.8. The number of hydrogen-bond acceptors (Lipinski definition) is 10. The number of aromatic nitrogens is 2. The van der Waals surface area contributed by atoms with E-state index < -0.39 is 6.10 Å². The molecule has 0 saturated carbocycles. The number of benzene rings is 2. The Bertz CT molecular complexity index is 1180. The molecular formula is C27H33N5O5. The van der Waals surface area contributed by atoms with Crippen LogP contribution in [0.25, 0.3) is 0 Å². The third kappa shape index (κ3) is 6.66. The van der Waals surface area contributed by atoms with Crippen molar-refractivity contribution in [2.24, 2.45) is 0 Å². The summed E-state index contributed by atoms with van der Waals surface area (Å²) < 4.78 is 22.0. The second kappa shape index (κ2) is 12.4. The normalized spacial score (nSPS) is 15.2. The Morgan fingerprint density at radius 1 is 1.08 bits per heavy atom. The molecule has 0 radical (unpaired) electrons. The van der Waals surface area contributed by atoms with Crippen LogP contribution in [-0.4, -0.2) is 69.4 Å². The van der Waals surface area contributed by atoms with Gasteiger partial charge in [0.05, 0.1) is 41.0 Å². The number of hydrogen-bond donors (Lipinski definition) is 2. The topological polar surface area (TPSA) is 107 Å². The van der Waals surface area contributed by atoms with E-state index in [4.69, 9.17) is 18.9 Å². The number of Topliss-reactive ketones (excluding diaryl/α,β-unsaturated/α-hetero) is 1. The first-order chi connectivity index (χ1) is 18.0. The molecule has 2 heterocycles. The number of anilines is 3. The van der Waals surface area contributed by atoms with Crippen molar-refractivity contribution in [3.8, 4) is 17.2 Å². The second-order valence-corrected chi connectivity index (χ2v) is 8.64. The Labute approximate surface area is 216 Å². The first-order valence-corrected chi connectivity index (χ1v) is 12.1. The highest BCUT2D eigenvalue weighted by molar-refractivity contribution is 5.85. The fourth-order valence-electron chi connectivity index (χ4n) is 4.07. The van der Waals surface area contributed by atoms with Gasteiger partial charge in [-0.05, 0) is 18.6 Å². The van der Waals surface area contributed by atoms with Crippen LogP contribution in [0.2, 0.25) is 0 Å². The van der Waals surface area contributed by atoms with Gasteiger partial charge in [-0.3, -0.25) is 4.79 Å². The summed E-state index contributed by atoms with van der Waals surface area (Å²) in [5.41, 5.74) is 3.03. The van der Waals surface area contributed by atoms with Crippen molar-refractivity contribution >= 4 is 23.2 Å². The number of carbonyl (C=O) groups is 1. The lowest BCUT2D eigenvalue weighted by molar-refractivity contribution is -0.130. The van der Waals surface area contributed by atoms with Gasteiger partial charge in [-0.2, -0.15) is 4.98 Å². The van der Waals surface area contributed by atoms with E-state index in [0.29, 0.717) is 60.9 Å². The number of carbonyl (C=O) groups excluding carboxylic acids is 1. The van der Waals surface area contributed by atoms with Gasteiger partial charge in [0.25, 0.3) is 0 Å². The van der Waals surface area contributed by atoms with E-state index in [0.717, 1.165) is 5.56 Å². The number of rotatable bonds is 11. The average Bonchev–Trinajstić information content (AvgIpc) is 2.93. The summed E-state index contributed by atoms with van der Waals surface area (Å²) in [5.74, 6) is 2.67. The van der Waals surface area contributed by atoms with Crippen molar-refractivity contribution in [3.63, 3.8) is 0 Å². The Morgan fingerprint density at radius 2 is 1.81 bits per heavy atom. The number of ketones is 1. The first kappa shape index (κ1) is 26.2. The van der Waals surface area contributed by atoms with Gasteiger partial charge in [-0.15, -0.1) is 0 Å². The maximum Gasteiger partial charge on any atom is 0.229 e.